The van der Waals surface area contributed by atoms with Gasteiger partial charge >= 0.3 is 0 Å². The fourth-order valence-electron chi connectivity index (χ4n) is 3.11. The Bertz CT molecular complexity index is 807. The Balaban J connectivity index is 1.84. The number of aryl methyl sites for hydroxylation is 1. The zero-order chi connectivity index (χ0) is 19.5. The lowest BCUT2D eigenvalue weighted by atomic mass is 10.0. The van der Waals surface area contributed by atoms with Crippen molar-refractivity contribution in [1.82, 2.24) is 10.2 Å². The largest absolute Gasteiger partial charge is 0.349 e. The SMILES string of the molecule is Cc1cccc(NC(=O)CN(C)CC(=O)N[C@@]2(C)CCS(=O)(=O)C2)c1C. The number of nitrogens with one attached hydrogen (secondary N) is 2. The van der Waals surface area contributed by atoms with E-state index in [1.54, 1.807) is 18.9 Å². The van der Waals surface area contributed by atoms with Crippen LogP contribution in [-0.2, 0) is 19.4 Å². The van der Waals surface area contributed by atoms with Gasteiger partial charge in [0.1, 0.15) is 0 Å². The second kappa shape index (κ2) is 7.75. The third-order valence-electron chi connectivity index (χ3n) is 4.65. The summed E-state index contributed by atoms with van der Waals surface area (Å²) in [6.07, 6.45) is 0.415. The molecule has 1 aliphatic rings. The smallest absolute Gasteiger partial charge is 0.238 e. The molecule has 0 aliphatic carbocycles. The zero-order valence-corrected chi connectivity index (χ0v) is 16.6. The summed E-state index contributed by atoms with van der Waals surface area (Å²) in [6, 6.07) is 5.70. The topological polar surface area (TPSA) is 95.6 Å². The monoisotopic (exact) mass is 381 g/mol. The maximum absolute atomic E-state index is 12.2. The van der Waals surface area contributed by atoms with E-state index in [0.29, 0.717) is 6.42 Å². The van der Waals surface area contributed by atoms with Crippen LogP contribution in [0.2, 0.25) is 0 Å². The molecule has 26 heavy (non-hydrogen) atoms. The van der Waals surface area contributed by atoms with Gasteiger partial charge in [-0.15, -0.1) is 0 Å². The minimum absolute atomic E-state index is 0.0237. The first kappa shape index (κ1) is 20.4. The molecule has 0 spiro atoms. The standard InChI is InChI=1S/C18H27N3O4S/c1-13-6-5-7-15(14(13)2)19-16(22)10-21(4)11-17(23)20-18(3)8-9-26(24,25)12-18/h5-7H,8-12H2,1-4H3,(H,19,22)(H,20,23)/t18-/m0/s1. The van der Waals surface area contributed by atoms with E-state index in [-0.39, 0.29) is 36.4 Å². The Labute approximate surface area is 155 Å². The van der Waals surface area contributed by atoms with Crippen molar-refractivity contribution in [3.05, 3.63) is 29.3 Å². The van der Waals surface area contributed by atoms with Gasteiger partial charge in [0.15, 0.2) is 9.84 Å². The van der Waals surface area contributed by atoms with Gasteiger partial charge < -0.3 is 10.6 Å². The van der Waals surface area contributed by atoms with Gasteiger partial charge in [0.25, 0.3) is 0 Å². The van der Waals surface area contributed by atoms with E-state index >= 15 is 0 Å². The molecule has 0 radical (unpaired) electrons. The molecule has 1 fully saturated rings. The highest BCUT2D eigenvalue weighted by molar-refractivity contribution is 7.91. The minimum Gasteiger partial charge on any atom is -0.349 e. The Kier molecular flexibility index (Phi) is 6.08. The molecule has 1 atom stereocenters. The van der Waals surface area contributed by atoms with E-state index in [1.165, 1.54) is 0 Å². The number of nitrogens with zero attached hydrogens (tertiary/aromatic N) is 1. The summed E-state index contributed by atoms with van der Waals surface area (Å²) in [5.74, 6) is -0.434. The Morgan fingerprint density at radius 2 is 1.85 bits per heavy atom. The van der Waals surface area contributed by atoms with Crippen molar-refractivity contribution in [2.24, 2.45) is 0 Å². The Morgan fingerprint density at radius 1 is 1.19 bits per heavy atom. The number of carbonyl (C=O) groups is 2. The highest BCUT2D eigenvalue weighted by Crippen LogP contribution is 2.22. The van der Waals surface area contributed by atoms with Crippen LogP contribution in [0.25, 0.3) is 0 Å². The number of anilines is 1. The predicted octanol–water partition coefficient (Wildman–Crippen LogP) is 0.867. The summed E-state index contributed by atoms with van der Waals surface area (Å²) in [7, 11) is -1.41. The number of rotatable bonds is 6. The summed E-state index contributed by atoms with van der Waals surface area (Å²) in [6.45, 7) is 5.75. The molecule has 2 N–H and O–H groups in total. The predicted molar refractivity (Wildman–Crippen MR) is 102 cm³/mol. The van der Waals surface area contributed by atoms with Crippen LogP contribution in [0.5, 0.6) is 0 Å². The van der Waals surface area contributed by atoms with E-state index in [4.69, 9.17) is 0 Å². The van der Waals surface area contributed by atoms with Crippen LogP contribution in [0.1, 0.15) is 24.5 Å². The third kappa shape index (κ3) is 5.54. The maximum Gasteiger partial charge on any atom is 0.238 e. The molecule has 144 valence electrons. The molecular formula is C18H27N3O4S. The van der Waals surface area contributed by atoms with Crippen LogP contribution in [0, 0.1) is 13.8 Å². The summed E-state index contributed by atoms with van der Waals surface area (Å²) < 4.78 is 23.2. The van der Waals surface area contributed by atoms with Crippen LogP contribution in [-0.4, -0.2) is 62.3 Å². The van der Waals surface area contributed by atoms with Crippen molar-refractivity contribution >= 4 is 27.3 Å². The van der Waals surface area contributed by atoms with Crippen molar-refractivity contribution in [3.8, 4) is 0 Å². The second-order valence-electron chi connectivity index (χ2n) is 7.42. The van der Waals surface area contributed by atoms with Crippen LogP contribution < -0.4 is 10.6 Å². The summed E-state index contributed by atoms with van der Waals surface area (Å²) in [5, 5.41) is 5.64. The van der Waals surface area contributed by atoms with Gasteiger partial charge in [0, 0.05) is 5.69 Å². The van der Waals surface area contributed by atoms with E-state index in [1.807, 2.05) is 32.0 Å². The number of likely N-dealkylation sites (N-methyl/N-ethyl adjacent to an activating group) is 1. The number of benzene rings is 1. The summed E-state index contributed by atoms with van der Waals surface area (Å²) >= 11 is 0. The maximum atomic E-state index is 12.2. The van der Waals surface area contributed by atoms with E-state index in [0.717, 1.165) is 16.8 Å². The average Bonchev–Trinajstić information content (AvgIpc) is 2.76. The van der Waals surface area contributed by atoms with Gasteiger partial charge in [-0.2, -0.15) is 0 Å². The Hall–Kier alpha value is -1.93. The first-order chi connectivity index (χ1) is 12.0. The molecule has 0 aromatic heterocycles. The molecular weight excluding hydrogens is 354 g/mol. The average molecular weight is 381 g/mol. The molecule has 0 bridgehead atoms. The van der Waals surface area contributed by atoms with Crippen LogP contribution in [0.3, 0.4) is 0 Å². The van der Waals surface area contributed by atoms with Crippen LogP contribution >= 0.6 is 0 Å². The van der Waals surface area contributed by atoms with Gasteiger partial charge in [-0.3, -0.25) is 14.5 Å². The highest BCUT2D eigenvalue weighted by Gasteiger charge is 2.39. The fourth-order valence-corrected chi connectivity index (χ4v) is 5.20. The van der Waals surface area contributed by atoms with Gasteiger partial charge in [-0.05, 0) is 51.4 Å². The number of carbonyl (C=O) groups excluding carboxylic acids is 2. The summed E-state index contributed by atoms with van der Waals surface area (Å²) in [4.78, 5) is 26.0. The van der Waals surface area contributed by atoms with Crippen molar-refractivity contribution < 1.29 is 18.0 Å². The lowest BCUT2D eigenvalue weighted by Crippen LogP contribution is -2.50. The van der Waals surface area contributed by atoms with Gasteiger partial charge in [0.2, 0.25) is 11.8 Å². The normalized spacial score (nSPS) is 21.6. The molecule has 7 nitrogen and oxygen atoms in total. The molecule has 1 saturated heterocycles. The minimum atomic E-state index is -3.08. The van der Waals surface area contributed by atoms with Crippen LogP contribution in [0.15, 0.2) is 18.2 Å². The number of hydrogen-bond donors (Lipinski definition) is 2. The number of hydrogen-bond acceptors (Lipinski definition) is 5. The van der Waals surface area contributed by atoms with Crippen molar-refractivity contribution in [3.63, 3.8) is 0 Å². The lowest BCUT2D eigenvalue weighted by Gasteiger charge is -2.25. The quantitative estimate of drug-likeness (QED) is 0.762. The molecule has 0 unspecified atom stereocenters. The number of sulfone groups is 1. The second-order valence-corrected chi connectivity index (χ2v) is 9.60. The van der Waals surface area contributed by atoms with E-state index < -0.39 is 15.4 Å². The van der Waals surface area contributed by atoms with Gasteiger partial charge in [0.05, 0.1) is 30.1 Å². The molecule has 1 aromatic carbocycles. The number of amides is 2. The summed E-state index contributed by atoms with van der Waals surface area (Å²) in [5.41, 5.74) is 2.14. The van der Waals surface area contributed by atoms with Gasteiger partial charge in [-0.1, -0.05) is 12.1 Å². The van der Waals surface area contributed by atoms with Crippen LogP contribution in [0.4, 0.5) is 5.69 Å². The third-order valence-corrected chi connectivity index (χ3v) is 6.55. The molecule has 1 heterocycles. The molecule has 2 amide bonds. The molecule has 0 saturated carbocycles. The zero-order valence-electron chi connectivity index (χ0n) is 15.8. The molecule has 2 rings (SSSR count). The lowest BCUT2D eigenvalue weighted by molar-refractivity contribution is -0.124. The van der Waals surface area contributed by atoms with Gasteiger partial charge in [-0.25, -0.2) is 8.42 Å². The van der Waals surface area contributed by atoms with Crippen molar-refractivity contribution in [1.29, 1.82) is 0 Å². The fraction of sp³-hybridized carbons (Fsp3) is 0.556. The molecule has 1 aliphatic heterocycles. The molecule has 8 heteroatoms. The first-order valence-electron chi connectivity index (χ1n) is 8.56. The first-order valence-corrected chi connectivity index (χ1v) is 10.4. The van der Waals surface area contributed by atoms with Crippen molar-refractivity contribution in [2.75, 3.05) is 37.0 Å². The highest BCUT2D eigenvalue weighted by atomic mass is 32.2. The van der Waals surface area contributed by atoms with E-state index in [9.17, 15) is 18.0 Å². The van der Waals surface area contributed by atoms with E-state index in [2.05, 4.69) is 10.6 Å². The molecule has 1 aromatic rings. The van der Waals surface area contributed by atoms with Crippen molar-refractivity contribution in [2.45, 2.75) is 32.7 Å². The Morgan fingerprint density at radius 3 is 2.46 bits per heavy atom.